The quantitative estimate of drug-likeness (QED) is 0.288. The van der Waals surface area contributed by atoms with Crippen molar-refractivity contribution in [3.8, 4) is 0 Å². The van der Waals surface area contributed by atoms with Gasteiger partial charge in [0.15, 0.2) is 0 Å². The predicted octanol–water partition coefficient (Wildman–Crippen LogP) is 1.98. The minimum atomic E-state index is -0.500. The summed E-state index contributed by atoms with van der Waals surface area (Å²) in [5.74, 6) is 0.520. The second-order valence-electron chi connectivity index (χ2n) is 6.32. The first kappa shape index (κ1) is 27.4. The zero-order valence-electron chi connectivity index (χ0n) is 16.9. The van der Waals surface area contributed by atoms with Crippen molar-refractivity contribution < 1.29 is 42.6 Å². The summed E-state index contributed by atoms with van der Waals surface area (Å²) in [5, 5.41) is 17.0. The van der Waals surface area contributed by atoms with E-state index in [0.717, 1.165) is 31.6 Å². The van der Waals surface area contributed by atoms with Crippen molar-refractivity contribution >= 4 is 12.4 Å². The molecule has 1 atom stereocenters. The van der Waals surface area contributed by atoms with Gasteiger partial charge in [-0.15, -0.1) is 13.1 Å². The number of piperidine rings is 1. The fourth-order valence-corrected chi connectivity index (χ4v) is 1.87. The summed E-state index contributed by atoms with van der Waals surface area (Å²) in [6.07, 6.45) is 4.33. The molecule has 1 aromatic heterocycles. The molecule has 0 aliphatic carbocycles. The van der Waals surface area contributed by atoms with Crippen LogP contribution in [0.3, 0.4) is 0 Å². The van der Waals surface area contributed by atoms with Crippen LogP contribution in [-0.4, -0.2) is 52.0 Å². The van der Waals surface area contributed by atoms with Gasteiger partial charge in [-0.3, -0.25) is 15.6 Å². The Labute approximate surface area is 182 Å². The van der Waals surface area contributed by atoms with E-state index >= 15 is 0 Å². The van der Waals surface area contributed by atoms with Crippen molar-refractivity contribution in [1.29, 1.82) is 0 Å². The second-order valence-corrected chi connectivity index (χ2v) is 6.32. The third kappa shape index (κ3) is 13.4. The Balaban J connectivity index is 0. The molecule has 1 radical (unpaired) electrons. The number of rotatable bonds is 3. The van der Waals surface area contributed by atoms with Crippen LogP contribution in [0, 0.1) is 6.92 Å². The Hall–Kier alpha value is -0.826. The number of nitrogens with one attached hydrogen (secondary N) is 2. The van der Waals surface area contributed by atoms with Gasteiger partial charge in [-0.2, -0.15) is 5.10 Å². The molecule has 2 heterocycles. The smallest absolute Gasteiger partial charge is 0.238 e. The van der Waals surface area contributed by atoms with E-state index in [4.69, 9.17) is 5.11 Å². The summed E-state index contributed by atoms with van der Waals surface area (Å²) in [7, 11) is 0. The van der Waals surface area contributed by atoms with E-state index in [1.54, 1.807) is 31.6 Å². The average Bonchev–Trinajstić information content (AvgIpc) is 2.99. The van der Waals surface area contributed by atoms with Crippen molar-refractivity contribution in [2.45, 2.75) is 66.0 Å². The van der Waals surface area contributed by atoms with Gasteiger partial charge in [-0.1, -0.05) is 20.3 Å². The molecule has 0 saturated carbocycles. The second kappa shape index (κ2) is 15.3. The molecule has 1 amide bonds. The number of aliphatic imine (C=N–C) groups is 1. The van der Waals surface area contributed by atoms with Crippen LogP contribution < -0.4 is 10.9 Å². The molecular formula is C17H33N6O2Y-. The van der Waals surface area contributed by atoms with Crippen molar-refractivity contribution in [1.82, 2.24) is 20.6 Å². The summed E-state index contributed by atoms with van der Waals surface area (Å²) in [6.45, 7) is 12.8. The van der Waals surface area contributed by atoms with Crippen molar-refractivity contribution in [3.05, 3.63) is 23.3 Å². The summed E-state index contributed by atoms with van der Waals surface area (Å²) in [6, 6.07) is 2.03. The third-order valence-electron chi connectivity index (χ3n) is 2.77. The van der Waals surface area contributed by atoms with Crippen molar-refractivity contribution in [3.63, 3.8) is 0 Å². The fraction of sp³-hybridized carbons (Fsp3) is 0.706. The van der Waals surface area contributed by atoms with Gasteiger partial charge in [0, 0.05) is 50.6 Å². The van der Waals surface area contributed by atoms with E-state index in [1.165, 1.54) is 0 Å². The maximum atomic E-state index is 10.4. The standard InChI is InChI=1S/C11H17N6O.C4H10O.C2H6.Y/c1-9-4-6-14-17(9)11(16-13-8-18)15-10-3-2-5-12-7-10;1-4(2,3)5;1-2;/h4,6,8,10H,2-3,5,7H2,1H3,(H,13,18)(H,15,16);5H,1-3H3;1-2H3;/q-1;;;. The minimum Gasteiger partial charge on any atom is -0.661 e. The topological polar surface area (TPSA) is 106 Å². The molecule has 0 aromatic carbocycles. The van der Waals surface area contributed by atoms with E-state index in [0.29, 0.717) is 12.4 Å². The molecule has 2 rings (SSSR count). The predicted molar refractivity (Wildman–Crippen MR) is 102 cm³/mol. The van der Waals surface area contributed by atoms with Crippen LogP contribution in [0.5, 0.6) is 0 Å². The summed E-state index contributed by atoms with van der Waals surface area (Å²) in [5.41, 5.74) is 5.60. The van der Waals surface area contributed by atoms with Gasteiger partial charge >= 0.3 is 0 Å². The van der Waals surface area contributed by atoms with Crippen LogP contribution in [0.1, 0.15) is 53.2 Å². The number of hydrogen-bond donors (Lipinski definition) is 3. The molecule has 1 fully saturated rings. The zero-order chi connectivity index (χ0) is 19.3. The SMILES string of the molecule is CC.CC(C)(C)O.Cc1ccnn1C(=NC1CCC[N-]C1)NNC=O.[Y]. The van der Waals surface area contributed by atoms with Gasteiger partial charge in [-0.05, 0) is 40.2 Å². The zero-order valence-corrected chi connectivity index (χ0v) is 19.7. The van der Waals surface area contributed by atoms with E-state index in [2.05, 4.69) is 26.3 Å². The van der Waals surface area contributed by atoms with Gasteiger partial charge in [0.2, 0.25) is 12.4 Å². The number of carbonyl (C=O) groups excluding carboxylic acids is 1. The van der Waals surface area contributed by atoms with E-state index in [1.807, 2.05) is 26.8 Å². The number of carbonyl (C=O) groups is 1. The van der Waals surface area contributed by atoms with Gasteiger partial charge < -0.3 is 10.4 Å². The Morgan fingerprint density at radius 1 is 1.46 bits per heavy atom. The number of aryl methyl sites for hydroxylation is 1. The minimum absolute atomic E-state index is 0. The maximum absolute atomic E-state index is 10.4. The molecule has 9 heteroatoms. The molecule has 26 heavy (non-hydrogen) atoms. The molecule has 0 spiro atoms. The molecule has 1 aliphatic heterocycles. The number of aromatic nitrogens is 2. The summed E-state index contributed by atoms with van der Waals surface area (Å²) >= 11 is 0. The Morgan fingerprint density at radius 3 is 2.50 bits per heavy atom. The van der Waals surface area contributed by atoms with Gasteiger partial charge in [0.1, 0.15) is 0 Å². The first-order chi connectivity index (χ1) is 11.8. The van der Waals surface area contributed by atoms with Crippen LogP contribution >= 0.6 is 0 Å². The maximum Gasteiger partial charge on any atom is 0.238 e. The largest absolute Gasteiger partial charge is 0.661 e. The van der Waals surface area contributed by atoms with Gasteiger partial charge in [0.25, 0.3) is 0 Å². The van der Waals surface area contributed by atoms with Crippen molar-refractivity contribution in [2.75, 3.05) is 13.1 Å². The van der Waals surface area contributed by atoms with Gasteiger partial charge in [0.05, 0.1) is 5.60 Å². The van der Waals surface area contributed by atoms with Crippen molar-refractivity contribution in [2.24, 2.45) is 4.99 Å². The molecular weight excluding hydrogens is 409 g/mol. The monoisotopic (exact) mass is 442 g/mol. The third-order valence-corrected chi connectivity index (χ3v) is 2.77. The van der Waals surface area contributed by atoms with Crippen LogP contribution in [0.4, 0.5) is 0 Å². The molecule has 8 nitrogen and oxygen atoms in total. The Bertz CT molecular complexity index is 502. The number of hydrogen-bond acceptors (Lipinski definition) is 4. The number of nitrogens with zero attached hydrogens (tertiary/aromatic N) is 4. The number of aliphatic hydroxyl groups is 1. The number of amides is 1. The molecule has 1 saturated heterocycles. The Kier molecular flexibility index (Phi) is 16.1. The first-order valence-electron chi connectivity index (χ1n) is 8.71. The average molecular weight is 442 g/mol. The molecule has 147 valence electrons. The molecule has 1 aromatic rings. The van der Waals surface area contributed by atoms with Crippen LogP contribution in [0.2, 0.25) is 0 Å². The molecule has 1 unspecified atom stereocenters. The summed E-state index contributed by atoms with van der Waals surface area (Å²) in [4.78, 5) is 14.9. The molecule has 3 N–H and O–H groups in total. The van der Waals surface area contributed by atoms with Crippen LogP contribution in [0.15, 0.2) is 17.3 Å². The molecule has 1 aliphatic rings. The van der Waals surface area contributed by atoms with E-state index in [-0.39, 0.29) is 38.8 Å². The first-order valence-corrected chi connectivity index (χ1v) is 8.71. The van der Waals surface area contributed by atoms with Gasteiger partial charge in [-0.25, -0.2) is 9.67 Å². The molecule has 0 bridgehead atoms. The van der Waals surface area contributed by atoms with Crippen LogP contribution in [-0.2, 0) is 37.5 Å². The summed E-state index contributed by atoms with van der Waals surface area (Å²) < 4.78 is 1.66. The van der Waals surface area contributed by atoms with E-state index < -0.39 is 5.60 Å². The number of hydrazine groups is 1. The fourth-order valence-electron chi connectivity index (χ4n) is 1.87. The normalized spacial score (nSPS) is 16.7. The van der Waals surface area contributed by atoms with Crippen LogP contribution in [0.25, 0.3) is 5.32 Å². The van der Waals surface area contributed by atoms with E-state index in [9.17, 15) is 4.79 Å². The Morgan fingerprint density at radius 2 is 2.08 bits per heavy atom.